The third-order valence-electron chi connectivity index (χ3n) is 13.4. The van der Waals surface area contributed by atoms with Crippen molar-refractivity contribution in [3.63, 3.8) is 0 Å². The Morgan fingerprint density at radius 2 is 0.955 bits per heavy atom. The molecule has 0 radical (unpaired) electrons. The van der Waals surface area contributed by atoms with Gasteiger partial charge in [0, 0.05) is 27.7 Å². The number of rotatable bonds is 7. The number of aromatic nitrogens is 5. The van der Waals surface area contributed by atoms with Gasteiger partial charge in [0.2, 0.25) is 0 Å². The van der Waals surface area contributed by atoms with Crippen LogP contribution in [0.25, 0.3) is 110 Å². The number of nitrogens with zero attached hydrogens (tertiary/aromatic N) is 5. The van der Waals surface area contributed by atoms with Crippen LogP contribution in [0.3, 0.4) is 0 Å². The van der Waals surface area contributed by atoms with Gasteiger partial charge in [-0.05, 0) is 12.1 Å². The number of imidazole rings is 1. The number of ether oxygens (including phenoxy) is 1. The molecule has 6 nitrogen and oxygen atoms in total. The average molecular weight is 1040 g/mol. The first-order valence-electron chi connectivity index (χ1n) is 22.4. The van der Waals surface area contributed by atoms with E-state index in [-0.39, 0.29) is 0 Å². The van der Waals surface area contributed by atoms with Crippen LogP contribution in [0.15, 0.2) is 225 Å². The first-order chi connectivity index (χ1) is 33.2. The summed E-state index contributed by atoms with van der Waals surface area (Å²) < 4.78 is 17.4. The SMILES string of the molecule is [Pt]=[c]1n(-c2cccc(Oc3ccc4c5cc6c7cccc8c9ccccc9n(c6cc5n(-c5ccccn5)c4c3)c87)c2)c2ccccc2n1-c1c(-c2ccccc2)cccc1-c1ccccc1. The summed E-state index contributed by atoms with van der Waals surface area (Å²) in [7, 11) is 0. The maximum atomic E-state index is 6.88. The van der Waals surface area contributed by atoms with Gasteiger partial charge in [-0.2, -0.15) is 0 Å². The van der Waals surface area contributed by atoms with Crippen molar-refractivity contribution in [1.82, 2.24) is 23.1 Å². The topological polar surface area (TPSA) is 41.3 Å². The predicted octanol–water partition coefficient (Wildman–Crippen LogP) is 15.3. The van der Waals surface area contributed by atoms with Gasteiger partial charge in [0.05, 0.1) is 16.6 Å². The number of pyridine rings is 1. The Labute approximate surface area is 395 Å². The molecule has 9 aromatic carbocycles. The van der Waals surface area contributed by atoms with Gasteiger partial charge in [0.1, 0.15) is 0 Å². The number of benzene rings is 9. The molecule has 0 spiro atoms. The fourth-order valence-corrected chi connectivity index (χ4v) is 11.7. The van der Waals surface area contributed by atoms with Crippen LogP contribution in [0, 0.1) is 3.80 Å². The second-order valence-corrected chi connectivity index (χ2v) is 18.1. The zero-order valence-corrected chi connectivity index (χ0v) is 38.1. The molecule has 0 amide bonds. The molecule has 0 aliphatic heterocycles. The van der Waals surface area contributed by atoms with Gasteiger partial charge in [-0.15, -0.1) is 0 Å². The molecule has 14 aromatic rings. The molecule has 318 valence electrons. The van der Waals surface area contributed by atoms with E-state index in [0.29, 0.717) is 0 Å². The van der Waals surface area contributed by atoms with E-state index in [2.05, 4.69) is 244 Å². The van der Waals surface area contributed by atoms with Gasteiger partial charge in [-0.3, -0.25) is 0 Å². The Morgan fingerprint density at radius 3 is 1.70 bits per heavy atom. The molecule has 0 saturated carbocycles. The second-order valence-electron chi connectivity index (χ2n) is 17.1. The Bertz CT molecular complexity index is 4260. The molecular formula is C60H37N5OPt. The van der Waals surface area contributed by atoms with Gasteiger partial charge in [0.15, 0.2) is 0 Å². The Morgan fingerprint density at radius 1 is 0.373 bits per heavy atom. The molecule has 5 aromatic heterocycles. The van der Waals surface area contributed by atoms with Crippen molar-refractivity contribution in [2.45, 2.75) is 0 Å². The zero-order valence-electron chi connectivity index (χ0n) is 35.8. The summed E-state index contributed by atoms with van der Waals surface area (Å²) in [6.07, 6.45) is 1.86. The normalized spacial score (nSPS) is 12.0. The van der Waals surface area contributed by atoms with Gasteiger partial charge in [0.25, 0.3) is 0 Å². The van der Waals surface area contributed by atoms with Crippen LogP contribution in [-0.4, -0.2) is 23.1 Å². The Hall–Kier alpha value is -8.31. The second kappa shape index (κ2) is 14.9. The van der Waals surface area contributed by atoms with Gasteiger partial charge in [-0.1, -0.05) is 42.5 Å². The monoisotopic (exact) mass is 1040 g/mol. The van der Waals surface area contributed by atoms with E-state index in [9.17, 15) is 0 Å². The standard InChI is InChI=1S/C60H37N5O.Pt/c1-3-16-39(17-4-1)44-23-14-24-45(40-18-5-2-6-19-40)59(44)63-38-62(53-28-9-10-29-54(53)63)41-20-13-21-42(34-41)66-43-31-32-47-50-36-51-49-26-15-25-48-46-22-7-8-27-52(46)65(60(48)49)57(51)37-56(50)64(55(47)35-43)58-30-11-12-33-61-58;/h1-37H;. The number of hydrogen-bond acceptors (Lipinski definition) is 2. The Kier molecular flexibility index (Phi) is 8.43. The Balaban J connectivity index is 0.923. The quantitative estimate of drug-likeness (QED) is 0.160. The van der Waals surface area contributed by atoms with Crippen molar-refractivity contribution >= 4 is 70.9 Å². The average Bonchev–Trinajstić information content (AvgIpc) is 4.09. The summed E-state index contributed by atoms with van der Waals surface area (Å²) in [6, 6.07) is 77.8. The summed E-state index contributed by atoms with van der Waals surface area (Å²) >= 11 is 2.50. The van der Waals surface area contributed by atoms with Gasteiger partial charge < -0.3 is 4.40 Å². The van der Waals surface area contributed by atoms with E-state index < -0.39 is 0 Å². The molecule has 0 fully saturated rings. The van der Waals surface area contributed by atoms with Crippen molar-refractivity contribution in [3.05, 3.63) is 228 Å². The van der Waals surface area contributed by atoms with Crippen LogP contribution in [0.1, 0.15) is 0 Å². The number of para-hydroxylation sites is 5. The molecule has 0 unspecified atom stereocenters. The molecular weight excluding hydrogens is 1000 g/mol. The first-order valence-corrected chi connectivity index (χ1v) is 23.6. The van der Waals surface area contributed by atoms with Crippen LogP contribution in [0.2, 0.25) is 0 Å². The van der Waals surface area contributed by atoms with Crippen LogP contribution >= 0.6 is 0 Å². The van der Waals surface area contributed by atoms with Crippen molar-refractivity contribution in [2.24, 2.45) is 0 Å². The van der Waals surface area contributed by atoms with Crippen LogP contribution in [0.5, 0.6) is 11.5 Å². The van der Waals surface area contributed by atoms with E-state index in [0.717, 1.165) is 82.2 Å². The van der Waals surface area contributed by atoms with E-state index in [1.807, 2.05) is 18.3 Å². The molecule has 0 bridgehead atoms. The summed E-state index contributed by atoms with van der Waals surface area (Å²) in [5, 5.41) is 7.36. The van der Waals surface area contributed by atoms with Gasteiger partial charge in [-0.25, -0.2) is 0 Å². The van der Waals surface area contributed by atoms with Gasteiger partial charge >= 0.3 is 294 Å². The fourth-order valence-electron chi connectivity index (χ4n) is 10.6. The third-order valence-corrected chi connectivity index (χ3v) is 14.4. The predicted molar refractivity (Wildman–Crippen MR) is 270 cm³/mol. The molecule has 0 aliphatic rings. The summed E-state index contributed by atoms with van der Waals surface area (Å²) in [5.41, 5.74) is 14.8. The molecule has 0 aliphatic carbocycles. The van der Waals surface area contributed by atoms with Crippen molar-refractivity contribution in [1.29, 1.82) is 0 Å². The third kappa shape index (κ3) is 5.73. The number of hydrogen-bond donors (Lipinski definition) is 0. The summed E-state index contributed by atoms with van der Waals surface area (Å²) in [4.78, 5) is 4.90. The van der Waals surface area contributed by atoms with Crippen molar-refractivity contribution in [2.75, 3.05) is 0 Å². The first kappa shape index (κ1) is 38.0. The molecule has 67 heavy (non-hydrogen) atoms. The molecule has 0 N–H and O–H groups in total. The minimum absolute atomic E-state index is 0.742. The summed E-state index contributed by atoms with van der Waals surface area (Å²) in [5.74, 6) is 2.34. The summed E-state index contributed by atoms with van der Waals surface area (Å²) in [6.45, 7) is 0. The molecule has 0 saturated heterocycles. The number of fused-ring (bicyclic) bond motifs is 10. The van der Waals surface area contributed by atoms with Crippen LogP contribution in [-0.2, 0) is 19.4 Å². The van der Waals surface area contributed by atoms with E-state index >= 15 is 0 Å². The molecule has 5 heterocycles. The minimum atomic E-state index is 0.742. The molecule has 14 rings (SSSR count). The van der Waals surface area contributed by atoms with Crippen molar-refractivity contribution < 1.29 is 24.1 Å². The molecule has 0 atom stereocenters. The van der Waals surface area contributed by atoms with E-state index in [4.69, 9.17) is 9.72 Å². The van der Waals surface area contributed by atoms with Crippen LogP contribution < -0.4 is 4.74 Å². The molecule has 7 heteroatoms. The van der Waals surface area contributed by atoms with E-state index in [1.54, 1.807) is 0 Å². The maximum absolute atomic E-state index is 6.88. The van der Waals surface area contributed by atoms with E-state index in [1.165, 1.54) is 43.5 Å². The van der Waals surface area contributed by atoms with Crippen LogP contribution in [0.4, 0.5) is 0 Å². The fraction of sp³-hybridized carbons (Fsp3) is 0. The van der Waals surface area contributed by atoms with Crippen molar-refractivity contribution in [3.8, 4) is 50.9 Å². The zero-order chi connectivity index (χ0) is 44.2.